The summed E-state index contributed by atoms with van der Waals surface area (Å²) in [6.07, 6.45) is 9.00. The molecule has 2 aliphatic carbocycles. The summed E-state index contributed by atoms with van der Waals surface area (Å²) in [4.78, 5) is 61.3. The molecule has 1 unspecified atom stereocenters. The van der Waals surface area contributed by atoms with Gasteiger partial charge in [0.1, 0.15) is 23.7 Å². The van der Waals surface area contributed by atoms with Gasteiger partial charge in [0.25, 0.3) is 5.91 Å². The van der Waals surface area contributed by atoms with Crippen LogP contribution in [0.2, 0.25) is 0 Å². The van der Waals surface area contributed by atoms with Crippen LogP contribution in [0.1, 0.15) is 104 Å². The molecule has 2 saturated carbocycles. The summed E-state index contributed by atoms with van der Waals surface area (Å²) < 4.78 is 39.7. The summed E-state index contributed by atoms with van der Waals surface area (Å²) in [5.74, 6) is -1.71. The van der Waals surface area contributed by atoms with Gasteiger partial charge in [0.15, 0.2) is 0 Å². The number of carbonyl (C=O) groups excluding carboxylic acids is 4. The number of aromatic nitrogens is 1. The lowest BCUT2D eigenvalue weighted by molar-refractivity contribution is -0.143. The molecule has 4 aliphatic rings. The van der Waals surface area contributed by atoms with Crippen LogP contribution >= 0.6 is 0 Å². The highest BCUT2D eigenvalue weighted by atomic mass is 32.2. The van der Waals surface area contributed by atoms with Crippen molar-refractivity contribution < 1.29 is 37.1 Å². The summed E-state index contributed by atoms with van der Waals surface area (Å²) >= 11 is 0. The molecule has 4 amide bonds. The van der Waals surface area contributed by atoms with E-state index in [1.807, 2.05) is 33.8 Å². The fourth-order valence-corrected chi connectivity index (χ4v) is 8.91. The van der Waals surface area contributed by atoms with Crippen molar-refractivity contribution in [3.05, 3.63) is 36.0 Å². The molecular formula is C38H53N5O8S. The monoisotopic (exact) mass is 739 g/mol. The van der Waals surface area contributed by atoms with Gasteiger partial charge in [0.2, 0.25) is 27.7 Å². The van der Waals surface area contributed by atoms with Gasteiger partial charge in [0, 0.05) is 18.0 Å². The lowest BCUT2D eigenvalue weighted by Crippen LogP contribution is -2.60. The third-order valence-electron chi connectivity index (χ3n) is 10.9. The van der Waals surface area contributed by atoms with E-state index >= 15 is 0 Å². The van der Waals surface area contributed by atoms with Gasteiger partial charge >= 0.3 is 6.09 Å². The van der Waals surface area contributed by atoms with Crippen LogP contribution in [0.5, 0.6) is 5.88 Å². The molecule has 6 rings (SSSR count). The molecule has 0 radical (unpaired) electrons. The maximum atomic E-state index is 14.5. The van der Waals surface area contributed by atoms with Crippen molar-refractivity contribution >= 4 is 44.6 Å². The Morgan fingerprint density at radius 1 is 1.06 bits per heavy atom. The standard InChI is InChI=1S/C38H53N5O8S/c1-5-26-22-38(26,35(46)42-52(48,49)28-15-16-28)41-32(44)30-21-27-23-43(30)34(45)31(37(2,3)4)40-36(47)50-19-11-9-7-6-8-10-12-24-13-14-25-17-18-39-33(51-27)29(25)20-24/h13-14,17-18,20,26-28,30-31H,5-12,15-16,19,21-23H2,1-4H3,(H,40,47)(H,41,44)(H,42,46)/t26-,27-,30+,31-,38?/m1/s1. The number of ether oxygens (including phenoxy) is 2. The summed E-state index contributed by atoms with van der Waals surface area (Å²) in [6.45, 7) is 7.59. The van der Waals surface area contributed by atoms with Gasteiger partial charge in [0.05, 0.1) is 18.4 Å². The third-order valence-corrected chi connectivity index (χ3v) is 12.8. The predicted octanol–water partition coefficient (Wildman–Crippen LogP) is 4.51. The molecule has 2 aliphatic heterocycles. The van der Waals surface area contributed by atoms with Gasteiger partial charge in [-0.05, 0) is 72.9 Å². The highest BCUT2D eigenvalue weighted by molar-refractivity contribution is 7.91. The number of aryl methyl sites for hydroxylation is 1. The Balaban J connectivity index is 1.31. The van der Waals surface area contributed by atoms with E-state index in [0.717, 1.165) is 49.3 Å². The first kappa shape index (κ1) is 37.8. The van der Waals surface area contributed by atoms with Gasteiger partial charge in [-0.15, -0.1) is 0 Å². The van der Waals surface area contributed by atoms with Crippen molar-refractivity contribution in [1.29, 1.82) is 0 Å². The van der Waals surface area contributed by atoms with E-state index < -0.39 is 68.2 Å². The lowest BCUT2D eigenvalue weighted by Gasteiger charge is -2.35. The number of nitrogens with zero attached hydrogens (tertiary/aromatic N) is 2. The first-order valence-electron chi connectivity index (χ1n) is 18.9. The lowest BCUT2D eigenvalue weighted by atomic mass is 9.85. The molecule has 1 saturated heterocycles. The first-order valence-corrected chi connectivity index (χ1v) is 20.4. The van der Waals surface area contributed by atoms with Crippen LogP contribution in [0.4, 0.5) is 4.79 Å². The average Bonchev–Trinajstić information content (AvgIpc) is 4.02. The number of amides is 4. The van der Waals surface area contributed by atoms with E-state index in [1.54, 1.807) is 6.20 Å². The molecule has 3 heterocycles. The van der Waals surface area contributed by atoms with E-state index in [0.29, 0.717) is 31.6 Å². The van der Waals surface area contributed by atoms with E-state index in [-0.39, 0.29) is 31.9 Å². The molecule has 0 spiro atoms. The number of hydrogen-bond acceptors (Lipinski definition) is 9. The molecule has 5 atom stereocenters. The largest absolute Gasteiger partial charge is 0.472 e. The van der Waals surface area contributed by atoms with Crippen molar-refractivity contribution in [2.75, 3.05) is 13.2 Å². The minimum Gasteiger partial charge on any atom is -0.472 e. The number of alkyl carbamates (subject to hydrolysis) is 1. The number of cyclic esters (lactones) is 1. The molecule has 3 fully saturated rings. The number of nitrogens with one attached hydrogen (secondary N) is 3. The van der Waals surface area contributed by atoms with Gasteiger partial charge < -0.3 is 25.0 Å². The summed E-state index contributed by atoms with van der Waals surface area (Å²) in [5.41, 5.74) is -1.01. The van der Waals surface area contributed by atoms with E-state index in [1.165, 1.54) is 10.5 Å². The zero-order valence-electron chi connectivity index (χ0n) is 30.7. The molecule has 13 nitrogen and oxygen atoms in total. The van der Waals surface area contributed by atoms with Gasteiger partial charge in [-0.25, -0.2) is 18.2 Å². The Morgan fingerprint density at radius 3 is 2.48 bits per heavy atom. The topological polar surface area (TPSA) is 173 Å². The Morgan fingerprint density at radius 2 is 1.79 bits per heavy atom. The van der Waals surface area contributed by atoms with Crippen LogP contribution in [-0.2, 0) is 35.6 Å². The van der Waals surface area contributed by atoms with E-state index in [4.69, 9.17) is 9.47 Å². The Labute approximate surface area is 306 Å². The minimum absolute atomic E-state index is 0.0183. The average molecular weight is 740 g/mol. The highest BCUT2D eigenvalue weighted by Gasteiger charge is 2.62. The van der Waals surface area contributed by atoms with Crippen LogP contribution in [0, 0.1) is 11.3 Å². The smallest absolute Gasteiger partial charge is 0.407 e. The normalized spacial score (nSPS) is 27.9. The zero-order chi connectivity index (χ0) is 37.3. The van der Waals surface area contributed by atoms with Gasteiger partial charge in [-0.1, -0.05) is 71.9 Å². The summed E-state index contributed by atoms with van der Waals surface area (Å²) in [6, 6.07) is 6.06. The van der Waals surface area contributed by atoms with Crippen LogP contribution in [0.3, 0.4) is 0 Å². The molecule has 1 aromatic carbocycles. The maximum absolute atomic E-state index is 14.5. The van der Waals surface area contributed by atoms with Crippen molar-refractivity contribution in [3.8, 4) is 5.88 Å². The molecule has 284 valence electrons. The molecular weight excluding hydrogens is 687 g/mol. The van der Waals surface area contributed by atoms with Crippen LogP contribution < -0.4 is 20.1 Å². The minimum atomic E-state index is -3.85. The fourth-order valence-electron chi connectivity index (χ4n) is 7.54. The van der Waals surface area contributed by atoms with Crippen molar-refractivity contribution in [2.24, 2.45) is 11.3 Å². The fraction of sp³-hybridized carbons (Fsp3) is 0.658. The zero-order valence-corrected chi connectivity index (χ0v) is 31.6. The van der Waals surface area contributed by atoms with Gasteiger partial charge in [-0.2, -0.15) is 0 Å². The number of benzene rings is 1. The maximum Gasteiger partial charge on any atom is 0.407 e. The number of fused-ring (bicyclic) bond motifs is 3. The number of hydrogen-bond donors (Lipinski definition) is 3. The van der Waals surface area contributed by atoms with Crippen LogP contribution in [-0.4, -0.2) is 84.2 Å². The third kappa shape index (κ3) is 8.47. The van der Waals surface area contributed by atoms with Crippen LogP contribution in [0.25, 0.3) is 10.8 Å². The van der Waals surface area contributed by atoms with Crippen molar-refractivity contribution in [2.45, 2.75) is 134 Å². The predicted molar refractivity (Wildman–Crippen MR) is 195 cm³/mol. The molecule has 14 heteroatoms. The second-order valence-corrected chi connectivity index (χ2v) is 18.0. The van der Waals surface area contributed by atoms with Crippen LogP contribution in [0.15, 0.2) is 30.5 Å². The molecule has 3 N–H and O–H groups in total. The van der Waals surface area contributed by atoms with Crippen molar-refractivity contribution in [3.63, 3.8) is 0 Å². The highest BCUT2D eigenvalue weighted by Crippen LogP contribution is 2.47. The summed E-state index contributed by atoms with van der Waals surface area (Å²) in [7, 11) is -3.85. The first-order chi connectivity index (χ1) is 24.7. The molecule has 2 aromatic rings. The number of pyridine rings is 1. The second kappa shape index (κ2) is 15.2. The quantitative estimate of drug-likeness (QED) is 0.385. The molecule has 4 bridgehead atoms. The SMILES string of the molecule is CC[C@@H]1CC1(NC(=O)[C@@H]1C[C@@H]2CN1C(=O)[C@H](C(C)(C)C)NC(=O)OCCCCCCCCc1ccc3ccnc(c3c1)O2)C(=O)NS(=O)(=O)C1CC1. The van der Waals surface area contributed by atoms with Gasteiger partial charge in [-0.3, -0.25) is 19.1 Å². The molecule has 1 aromatic heterocycles. The Hall–Kier alpha value is -3.94. The number of sulfonamides is 1. The number of carbonyl (C=O) groups is 4. The Kier molecular flexibility index (Phi) is 11.0. The van der Waals surface area contributed by atoms with E-state index in [9.17, 15) is 27.6 Å². The number of rotatable bonds is 6. The molecule has 52 heavy (non-hydrogen) atoms. The van der Waals surface area contributed by atoms with E-state index in [2.05, 4.69) is 38.5 Å². The summed E-state index contributed by atoms with van der Waals surface area (Å²) in [5, 5.41) is 6.84. The second-order valence-electron chi connectivity index (χ2n) is 16.0. The Bertz CT molecular complexity index is 1790. The van der Waals surface area contributed by atoms with Crippen molar-refractivity contribution in [1.82, 2.24) is 25.2 Å².